The molecule has 4 rings (SSSR count). The van der Waals surface area contributed by atoms with Gasteiger partial charge in [-0.05, 0) is 68.5 Å². The molecule has 4 aromatic rings. The Morgan fingerprint density at radius 1 is 0.633 bits per heavy atom. The Hall–Kier alpha value is -3.05. The number of rotatable bonds is 5. The number of ether oxygens (including phenoxy) is 1. The van der Waals surface area contributed by atoms with Crippen molar-refractivity contribution < 1.29 is 17.9 Å². The van der Waals surface area contributed by atoms with Crippen molar-refractivity contribution >= 4 is 15.9 Å². The summed E-state index contributed by atoms with van der Waals surface area (Å²) in [6.07, 6.45) is 0. The van der Waals surface area contributed by atoms with Gasteiger partial charge in [0.05, 0.1) is 4.47 Å². The maximum Gasteiger partial charge on any atom is 0.165 e. The number of hydrogen-bond acceptors (Lipinski definition) is 1. The Bertz CT molecular complexity index is 1190. The molecular weight excluding hydrogens is 453 g/mol. The summed E-state index contributed by atoms with van der Waals surface area (Å²) in [5.41, 5.74) is 2.67. The molecule has 0 aromatic heterocycles. The Balaban J connectivity index is 1.56. The summed E-state index contributed by atoms with van der Waals surface area (Å²) >= 11 is 3.08. The van der Waals surface area contributed by atoms with Crippen LogP contribution in [0.3, 0.4) is 0 Å². The average molecular weight is 469 g/mol. The lowest BCUT2D eigenvalue weighted by molar-refractivity contribution is 0.290. The molecule has 0 aliphatic heterocycles. The lowest BCUT2D eigenvalue weighted by Crippen LogP contribution is -1.97. The standard InChI is InChI=1S/C25H16BrF3O/c26-21-10-7-19(14-23(21)28)20-9-6-17(12-22(20)27)18-8-11-25(24(29)13-18)30-15-16-4-2-1-3-5-16/h1-14H,15H2. The summed E-state index contributed by atoms with van der Waals surface area (Å²) in [7, 11) is 0. The lowest BCUT2D eigenvalue weighted by Gasteiger charge is -2.10. The highest BCUT2D eigenvalue weighted by Crippen LogP contribution is 2.31. The number of halogens is 4. The van der Waals surface area contributed by atoms with Gasteiger partial charge in [0.25, 0.3) is 0 Å². The highest BCUT2D eigenvalue weighted by molar-refractivity contribution is 9.10. The molecule has 0 N–H and O–H groups in total. The van der Waals surface area contributed by atoms with Crippen molar-refractivity contribution in [3.63, 3.8) is 0 Å². The second-order valence-corrected chi connectivity index (χ2v) is 7.60. The maximum absolute atomic E-state index is 14.7. The molecule has 0 radical (unpaired) electrons. The van der Waals surface area contributed by atoms with Gasteiger partial charge >= 0.3 is 0 Å². The summed E-state index contributed by atoms with van der Waals surface area (Å²) < 4.78 is 48.8. The van der Waals surface area contributed by atoms with E-state index >= 15 is 0 Å². The van der Waals surface area contributed by atoms with E-state index in [-0.39, 0.29) is 17.9 Å². The van der Waals surface area contributed by atoms with Gasteiger partial charge in [-0.15, -0.1) is 0 Å². The third-order valence-electron chi connectivity index (χ3n) is 4.70. The second kappa shape index (κ2) is 8.76. The van der Waals surface area contributed by atoms with Gasteiger partial charge in [-0.1, -0.05) is 54.6 Å². The molecule has 150 valence electrons. The summed E-state index contributed by atoms with van der Waals surface area (Å²) in [6, 6.07) is 23.0. The van der Waals surface area contributed by atoms with E-state index in [1.54, 1.807) is 24.3 Å². The monoisotopic (exact) mass is 468 g/mol. The molecule has 5 heteroatoms. The molecule has 4 aromatic carbocycles. The fraction of sp³-hybridized carbons (Fsp3) is 0.0400. The van der Waals surface area contributed by atoms with Crippen LogP contribution in [-0.4, -0.2) is 0 Å². The van der Waals surface area contributed by atoms with Crippen molar-refractivity contribution in [2.45, 2.75) is 6.61 Å². The largest absolute Gasteiger partial charge is 0.486 e. The van der Waals surface area contributed by atoms with Crippen LogP contribution >= 0.6 is 15.9 Å². The van der Waals surface area contributed by atoms with Gasteiger partial charge in [-0.25, -0.2) is 13.2 Å². The first-order valence-electron chi connectivity index (χ1n) is 9.23. The van der Waals surface area contributed by atoms with Gasteiger partial charge in [0.15, 0.2) is 11.6 Å². The Morgan fingerprint density at radius 3 is 1.93 bits per heavy atom. The Morgan fingerprint density at radius 2 is 1.27 bits per heavy atom. The molecule has 1 nitrogen and oxygen atoms in total. The molecule has 0 aliphatic rings. The normalized spacial score (nSPS) is 10.8. The summed E-state index contributed by atoms with van der Waals surface area (Å²) in [6.45, 7) is 0.254. The molecule has 0 saturated carbocycles. The highest BCUT2D eigenvalue weighted by Gasteiger charge is 2.12. The van der Waals surface area contributed by atoms with Gasteiger partial charge in [0.1, 0.15) is 18.2 Å². The van der Waals surface area contributed by atoms with E-state index in [1.807, 2.05) is 30.3 Å². The Labute approximate surface area is 180 Å². The molecule has 0 fully saturated rings. The van der Waals surface area contributed by atoms with E-state index < -0.39 is 17.5 Å². The van der Waals surface area contributed by atoms with Gasteiger partial charge in [-0.2, -0.15) is 0 Å². The minimum absolute atomic E-state index is 0.130. The second-order valence-electron chi connectivity index (χ2n) is 6.74. The van der Waals surface area contributed by atoms with Gasteiger partial charge in [0.2, 0.25) is 0 Å². The molecule has 0 spiro atoms. The highest BCUT2D eigenvalue weighted by atomic mass is 79.9. The van der Waals surface area contributed by atoms with E-state index in [9.17, 15) is 13.2 Å². The lowest BCUT2D eigenvalue weighted by atomic mass is 9.99. The number of benzene rings is 4. The molecule has 0 saturated heterocycles. The van der Waals surface area contributed by atoms with E-state index in [0.717, 1.165) is 5.56 Å². The molecule has 0 bridgehead atoms. The predicted octanol–water partition coefficient (Wildman–Crippen LogP) is 7.78. The first kappa shape index (κ1) is 20.2. The van der Waals surface area contributed by atoms with Crippen molar-refractivity contribution in [1.82, 2.24) is 0 Å². The molecule has 0 atom stereocenters. The first-order valence-corrected chi connectivity index (χ1v) is 10.0. The van der Waals surface area contributed by atoms with Crippen LogP contribution in [0, 0.1) is 17.5 Å². The SMILES string of the molecule is Fc1cc(-c2ccc(-c3ccc(OCc4ccccc4)c(F)c3)cc2F)ccc1Br. The minimum Gasteiger partial charge on any atom is -0.486 e. The van der Waals surface area contributed by atoms with Gasteiger partial charge in [0, 0.05) is 5.56 Å². The van der Waals surface area contributed by atoms with E-state index in [0.29, 0.717) is 21.2 Å². The fourth-order valence-electron chi connectivity index (χ4n) is 3.13. The van der Waals surface area contributed by atoms with Gasteiger partial charge in [-0.3, -0.25) is 0 Å². The zero-order valence-corrected chi connectivity index (χ0v) is 17.3. The van der Waals surface area contributed by atoms with Crippen LogP contribution in [0.25, 0.3) is 22.3 Å². The van der Waals surface area contributed by atoms with Crippen LogP contribution in [0.2, 0.25) is 0 Å². The van der Waals surface area contributed by atoms with E-state index in [1.165, 1.54) is 30.3 Å². The quantitative estimate of drug-likeness (QED) is 0.290. The molecule has 0 aliphatic carbocycles. The average Bonchev–Trinajstić information content (AvgIpc) is 2.75. The zero-order valence-electron chi connectivity index (χ0n) is 15.7. The van der Waals surface area contributed by atoms with Crippen LogP contribution in [0.5, 0.6) is 5.75 Å². The molecule has 0 amide bonds. The van der Waals surface area contributed by atoms with Crippen LogP contribution in [0.15, 0.2) is 89.4 Å². The summed E-state index contributed by atoms with van der Waals surface area (Å²) in [5, 5.41) is 0. The molecule has 30 heavy (non-hydrogen) atoms. The van der Waals surface area contributed by atoms with Crippen molar-refractivity contribution in [2.24, 2.45) is 0 Å². The third kappa shape index (κ3) is 4.41. The third-order valence-corrected chi connectivity index (χ3v) is 5.35. The topological polar surface area (TPSA) is 9.23 Å². The van der Waals surface area contributed by atoms with Crippen molar-refractivity contribution in [3.05, 3.63) is 112 Å². The summed E-state index contributed by atoms with van der Waals surface area (Å²) in [4.78, 5) is 0. The van der Waals surface area contributed by atoms with Crippen molar-refractivity contribution in [1.29, 1.82) is 0 Å². The molecule has 0 heterocycles. The van der Waals surface area contributed by atoms with Crippen LogP contribution in [0.1, 0.15) is 5.56 Å². The predicted molar refractivity (Wildman–Crippen MR) is 116 cm³/mol. The van der Waals surface area contributed by atoms with Crippen molar-refractivity contribution in [2.75, 3.05) is 0 Å². The van der Waals surface area contributed by atoms with Gasteiger partial charge < -0.3 is 4.74 Å². The Kier molecular flexibility index (Phi) is 5.91. The van der Waals surface area contributed by atoms with E-state index in [2.05, 4.69) is 15.9 Å². The number of hydrogen-bond donors (Lipinski definition) is 0. The van der Waals surface area contributed by atoms with Crippen LogP contribution in [0.4, 0.5) is 13.2 Å². The van der Waals surface area contributed by atoms with Crippen LogP contribution in [-0.2, 0) is 6.61 Å². The van der Waals surface area contributed by atoms with E-state index in [4.69, 9.17) is 4.74 Å². The fourth-order valence-corrected chi connectivity index (χ4v) is 3.37. The van der Waals surface area contributed by atoms with Crippen molar-refractivity contribution in [3.8, 4) is 28.0 Å². The smallest absolute Gasteiger partial charge is 0.165 e. The zero-order chi connectivity index (χ0) is 21.1. The van der Waals surface area contributed by atoms with Crippen LogP contribution < -0.4 is 4.74 Å². The first-order chi connectivity index (χ1) is 14.5. The molecular formula is C25H16BrF3O. The summed E-state index contributed by atoms with van der Waals surface area (Å²) in [5.74, 6) is -1.38. The molecule has 0 unspecified atom stereocenters. The minimum atomic E-state index is -0.525. The maximum atomic E-state index is 14.7.